The monoisotopic (exact) mass is 1080 g/mol. The van der Waals surface area contributed by atoms with Gasteiger partial charge in [-0.25, -0.2) is 0 Å². The Labute approximate surface area is 389 Å². The lowest BCUT2D eigenvalue weighted by Crippen LogP contribution is -2.78. The molecular weight excluding hydrogens is 1050 g/mol. The number of hydrogen-bond acceptors (Lipinski definition) is 0. The summed E-state index contributed by atoms with van der Waals surface area (Å²) in [7, 11) is 0. The van der Waals surface area contributed by atoms with Crippen molar-refractivity contribution in [2.75, 3.05) is 0 Å². The van der Waals surface area contributed by atoms with E-state index in [-0.39, 0.29) is 0 Å². The molecule has 0 aromatic carbocycles. The lowest BCUT2D eigenvalue weighted by atomic mass is 9.44. The van der Waals surface area contributed by atoms with Crippen LogP contribution in [0.2, 0.25) is 0 Å². The molecule has 0 rings (SSSR count). The Bertz CT molecular complexity index is 740. The van der Waals surface area contributed by atoms with E-state index in [1.165, 1.54) is 58.3 Å². The molecule has 0 radical (unpaired) electrons. The predicted molar refractivity (Wildman–Crippen MR) is 233 cm³/mol. The Balaban J connectivity index is -0.00000142. The highest BCUT2D eigenvalue weighted by atomic mass is 35.6. The van der Waals surface area contributed by atoms with E-state index in [9.17, 15) is 0 Å². The average Bonchev–Trinajstić information content (AvgIpc) is 2.94. The van der Waals surface area contributed by atoms with Crippen molar-refractivity contribution in [1.29, 1.82) is 0 Å². The SMILES string of the molecule is CC(C(Cl)Cl)C(C(Cl)Cl)(C(Cl)Cl)C(C(Cl)Cl)(C(Cl)Cl)C(C(Cl)Cl)(C(Cl)Cl)C(C(Cl)Cl)(C(Cl)Cl)C(Cl)Cl.CCCCCC.CCCCCC. The first kappa shape index (κ1) is 58.1. The maximum Gasteiger partial charge on any atom is 0.119 e. The van der Waals surface area contributed by atoms with Gasteiger partial charge in [0.2, 0.25) is 0 Å². The van der Waals surface area contributed by atoms with Crippen LogP contribution in [0, 0.1) is 27.6 Å². The van der Waals surface area contributed by atoms with Crippen LogP contribution < -0.4 is 0 Å². The third-order valence-corrected chi connectivity index (χ3v) is 15.5. The minimum atomic E-state index is -2.56. The predicted octanol–water partition coefficient (Wildman–Crippen LogP) is 18.8. The fourth-order valence-electron chi connectivity index (χ4n) is 5.65. The van der Waals surface area contributed by atoms with Crippen LogP contribution in [0.5, 0.6) is 0 Å². The van der Waals surface area contributed by atoms with E-state index in [0.717, 1.165) is 0 Å². The quantitative estimate of drug-likeness (QED) is 0.0842. The molecule has 0 fully saturated rings. The van der Waals surface area contributed by atoms with Gasteiger partial charge in [0.1, 0.15) is 48.4 Å². The molecule has 0 spiro atoms. The van der Waals surface area contributed by atoms with Gasteiger partial charge >= 0.3 is 0 Å². The summed E-state index contributed by atoms with van der Waals surface area (Å²) in [5.74, 6) is -1.20. The molecule has 0 aromatic rings. The van der Waals surface area contributed by atoms with E-state index in [4.69, 9.17) is 232 Å². The van der Waals surface area contributed by atoms with E-state index in [2.05, 4.69) is 27.7 Å². The first-order chi connectivity index (χ1) is 21.9. The van der Waals surface area contributed by atoms with Gasteiger partial charge in [-0.15, -0.1) is 232 Å². The zero-order valence-electron chi connectivity index (χ0n) is 26.6. The molecular formula is C28H42Cl20. The van der Waals surface area contributed by atoms with Crippen LogP contribution in [-0.2, 0) is 0 Å². The van der Waals surface area contributed by atoms with Gasteiger partial charge in [0.15, 0.2) is 0 Å². The number of alkyl halides is 20. The molecule has 0 saturated carbocycles. The summed E-state index contributed by atoms with van der Waals surface area (Å²) in [6.07, 6.45) is 11.1. The maximum atomic E-state index is 6.69. The van der Waals surface area contributed by atoms with Crippen LogP contribution in [0.1, 0.15) is 86.0 Å². The van der Waals surface area contributed by atoms with Crippen molar-refractivity contribution in [2.24, 2.45) is 27.6 Å². The van der Waals surface area contributed by atoms with E-state index in [1.54, 1.807) is 0 Å². The Morgan fingerprint density at radius 2 is 0.500 bits per heavy atom. The molecule has 0 aliphatic carbocycles. The van der Waals surface area contributed by atoms with Crippen molar-refractivity contribution in [3.63, 3.8) is 0 Å². The molecule has 0 bridgehead atoms. The van der Waals surface area contributed by atoms with Gasteiger partial charge in [-0.3, -0.25) is 0 Å². The maximum absolute atomic E-state index is 6.69. The second kappa shape index (κ2) is 28.3. The molecule has 0 saturated heterocycles. The van der Waals surface area contributed by atoms with Crippen molar-refractivity contribution in [1.82, 2.24) is 0 Å². The van der Waals surface area contributed by atoms with Crippen LogP contribution in [-0.4, -0.2) is 48.4 Å². The van der Waals surface area contributed by atoms with Crippen molar-refractivity contribution >= 4 is 232 Å². The molecule has 1 unspecified atom stereocenters. The highest BCUT2D eigenvalue weighted by molar-refractivity contribution is 6.57. The first-order valence-corrected chi connectivity index (χ1v) is 23.5. The molecule has 0 aromatic heterocycles. The average molecular weight is 1090 g/mol. The molecule has 20 heteroatoms. The number of rotatable bonds is 20. The van der Waals surface area contributed by atoms with Crippen molar-refractivity contribution < 1.29 is 0 Å². The molecule has 0 heterocycles. The Hall–Kier alpha value is 5.80. The summed E-state index contributed by atoms with van der Waals surface area (Å²) in [4.78, 5) is -17.8. The van der Waals surface area contributed by atoms with Crippen molar-refractivity contribution in [3.8, 4) is 0 Å². The van der Waals surface area contributed by atoms with Gasteiger partial charge in [-0.1, -0.05) is 86.0 Å². The Morgan fingerprint density at radius 1 is 0.312 bits per heavy atom. The zero-order chi connectivity index (χ0) is 39.0. The minimum absolute atomic E-state index is 1.20. The standard InChI is InChI=1S/C16H14Cl20.2C6H14/c1-2(3(17)18)13(4(19)20,5(21)22)15(9(29)30,10(31)32)16(11(33)34,12(35)36)14(6(23)24,7(25)26)8(27)28;2*1-3-5-6-4-2/h2-12H,1H3;2*3-6H2,1-2H3. The lowest BCUT2D eigenvalue weighted by Gasteiger charge is -2.70. The molecule has 0 amide bonds. The van der Waals surface area contributed by atoms with Gasteiger partial charge < -0.3 is 0 Å². The number of hydrogen-bond donors (Lipinski definition) is 0. The van der Waals surface area contributed by atoms with Gasteiger partial charge in [0.05, 0.1) is 16.2 Å². The molecule has 0 N–H and O–H groups in total. The molecule has 0 aliphatic rings. The van der Waals surface area contributed by atoms with E-state index < -0.39 is 75.9 Å². The first-order valence-electron chi connectivity index (χ1n) is 14.7. The largest absolute Gasteiger partial charge is 0.119 e. The summed E-state index contributed by atoms with van der Waals surface area (Å²) in [6, 6.07) is 0. The van der Waals surface area contributed by atoms with E-state index in [1.807, 2.05) is 0 Å². The fourth-order valence-corrected chi connectivity index (χ4v) is 16.2. The van der Waals surface area contributed by atoms with Crippen LogP contribution in [0.3, 0.4) is 0 Å². The number of halogens is 20. The van der Waals surface area contributed by atoms with Crippen molar-refractivity contribution in [3.05, 3.63) is 0 Å². The van der Waals surface area contributed by atoms with Gasteiger partial charge in [0.25, 0.3) is 0 Å². The Morgan fingerprint density at radius 3 is 0.625 bits per heavy atom. The smallest absolute Gasteiger partial charge is 0.105 e. The van der Waals surface area contributed by atoms with E-state index in [0.29, 0.717) is 0 Å². The van der Waals surface area contributed by atoms with Crippen molar-refractivity contribution in [2.45, 2.75) is 134 Å². The van der Waals surface area contributed by atoms with Gasteiger partial charge in [-0.2, -0.15) is 0 Å². The summed E-state index contributed by atoms with van der Waals surface area (Å²) < 4.78 is 0. The highest BCUT2D eigenvalue weighted by Gasteiger charge is 2.84. The molecule has 48 heavy (non-hydrogen) atoms. The summed E-state index contributed by atoms with van der Waals surface area (Å²) in [5.41, 5.74) is -9.70. The summed E-state index contributed by atoms with van der Waals surface area (Å²) >= 11 is 131. The lowest BCUT2D eigenvalue weighted by molar-refractivity contribution is -0.131. The minimum Gasteiger partial charge on any atom is -0.105 e. The zero-order valence-corrected chi connectivity index (χ0v) is 41.7. The normalized spacial score (nSPS) is 14.3. The third kappa shape index (κ3) is 12.6. The molecule has 0 aliphatic heterocycles. The molecule has 1 atom stereocenters. The van der Waals surface area contributed by atoms with Crippen LogP contribution in [0.15, 0.2) is 0 Å². The summed E-state index contributed by atoms with van der Waals surface area (Å²) in [5, 5.41) is 0. The van der Waals surface area contributed by atoms with Crippen LogP contribution in [0.25, 0.3) is 0 Å². The third-order valence-electron chi connectivity index (χ3n) is 8.35. The fraction of sp³-hybridized carbons (Fsp3) is 1.00. The van der Waals surface area contributed by atoms with Gasteiger partial charge in [0, 0.05) is 5.41 Å². The highest BCUT2D eigenvalue weighted by Crippen LogP contribution is 2.80. The topological polar surface area (TPSA) is 0 Å². The number of unbranched alkanes of at least 4 members (excludes halogenated alkanes) is 6. The van der Waals surface area contributed by atoms with Gasteiger partial charge in [-0.05, 0) is 5.92 Å². The second-order valence-corrected chi connectivity index (χ2v) is 21.9. The van der Waals surface area contributed by atoms with E-state index >= 15 is 0 Å². The van der Waals surface area contributed by atoms with Crippen LogP contribution >= 0.6 is 232 Å². The van der Waals surface area contributed by atoms with Crippen LogP contribution in [0.4, 0.5) is 0 Å². The molecule has 294 valence electrons. The summed E-state index contributed by atoms with van der Waals surface area (Å²) in [6.45, 7) is 10.4. The Kier molecular flexibility index (Phi) is 34.2. The molecule has 0 nitrogen and oxygen atoms in total. The second-order valence-electron chi connectivity index (χ2n) is 10.8.